The molecule has 2 unspecified atom stereocenters. The SMILES string of the molecule is COc1nc(C)nc2c1ncn2C1O[C@H](COP(=O)(N[C@H](C(=O)OCc2ccc(F)cc2F)C(C)C)Oc2cccc3ccccc23)[C@@H](O)[C@@]1(C)O. The third kappa shape index (κ3) is 7.49. The number of halogens is 2. The monoisotopic (exact) mass is 741 g/mol. The van der Waals surface area contributed by atoms with E-state index >= 15 is 0 Å². The number of nitrogens with zero attached hydrogens (tertiary/aromatic N) is 4. The molecule has 1 aliphatic heterocycles. The molecule has 0 amide bonds. The molecule has 2 aromatic heterocycles. The van der Waals surface area contributed by atoms with Gasteiger partial charge in [-0.3, -0.25) is 13.9 Å². The summed E-state index contributed by atoms with van der Waals surface area (Å²) in [6.07, 6.45) is -2.73. The quantitative estimate of drug-likeness (QED) is 0.107. The number of carbonyl (C=O) groups excluding carboxylic acids is 1. The number of esters is 1. The molecule has 5 aromatic rings. The van der Waals surface area contributed by atoms with Gasteiger partial charge in [0.25, 0.3) is 0 Å². The van der Waals surface area contributed by atoms with Gasteiger partial charge >= 0.3 is 13.7 Å². The summed E-state index contributed by atoms with van der Waals surface area (Å²) in [5, 5.41) is 26.8. The minimum Gasteiger partial charge on any atom is -0.479 e. The number of methoxy groups -OCH3 is 1. The molecule has 0 spiro atoms. The van der Waals surface area contributed by atoms with Gasteiger partial charge in [0.1, 0.15) is 53.7 Å². The molecule has 6 rings (SSSR count). The van der Waals surface area contributed by atoms with Crippen LogP contribution >= 0.6 is 7.75 Å². The first-order valence-corrected chi connectivity index (χ1v) is 17.9. The number of aliphatic hydroxyl groups is 2. The number of carbonyl (C=O) groups is 1. The fourth-order valence-electron chi connectivity index (χ4n) is 5.87. The number of nitrogens with one attached hydrogen (secondary N) is 1. The second-order valence-corrected chi connectivity index (χ2v) is 14.6. The zero-order valence-corrected chi connectivity index (χ0v) is 29.8. The lowest BCUT2D eigenvalue weighted by Gasteiger charge is -2.28. The summed E-state index contributed by atoms with van der Waals surface area (Å²) in [6.45, 7) is 5.21. The van der Waals surface area contributed by atoms with E-state index in [9.17, 15) is 28.4 Å². The Bertz CT molecular complexity index is 2140. The van der Waals surface area contributed by atoms with Crippen molar-refractivity contribution in [3.63, 3.8) is 0 Å². The van der Waals surface area contributed by atoms with Gasteiger partial charge in [0, 0.05) is 17.0 Å². The normalized spacial score (nSPS) is 22.1. The third-order valence-electron chi connectivity index (χ3n) is 8.68. The van der Waals surface area contributed by atoms with Crippen molar-refractivity contribution >= 4 is 35.7 Å². The van der Waals surface area contributed by atoms with E-state index < -0.39 is 74.6 Å². The average molecular weight is 742 g/mol. The Kier molecular flexibility index (Phi) is 10.6. The molecule has 3 aromatic carbocycles. The molecular weight excluding hydrogens is 703 g/mol. The Hall–Kier alpha value is -4.57. The molecule has 1 fully saturated rings. The summed E-state index contributed by atoms with van der Waals surface area (Å²) in [6, 6.07) is 13.8. The first-order chi connectivity index (χ1) is 24.7. The van der Waals surface area contributed by atoms with Crippen molar-refractivity contribution in [2.24, 2.45) is 5.92 Å². The fraction of sp³-hybridized carbons (Fsp3) is 0.371. The predicted molar refractivity (Wildman–Crippen MR) is 183 cm³/mol. The number of aliphatic hydroxyl groups excluding tert-OH is 1. The molecule has 1 aliphatic rings. The van der Waals surface area contributed by atoms with Crippen molar-refractivity contribution < 1.29 is 51.6 Å². The van der Waals surface area contributed by atoms with Gasteiger partial charge in [-0.1, -0.05) is 50.2 Å². The van der Waals surface area contributed by atoms with Crippen LogP contribution in [0, 0.1) is 24.5 Å². The van der Waals surface area contributed by atoms with Crippen molar-refractivity contribution in [2.75, 3.05) is 13.7 Å². The first kappa shape index (κ1) is 37.2. The zero-order chi connectivity index (χ0) is 37.4. The Morgan fingerprint density at radius 1 is 1.13 bits per heavy atom. The van der Waals surface area contributed by atoms with Gasteiger partial charge in [0.2, 0.25) is 5.88 Å². The van der Waals surface area contributed by atoms with Gasteiger partial charge in [-0.25, -0.2) is 23.3 Å². The lowest BCUT2D eigenvalue weighted by atomic mass is 9.96. The molecular formula is C35H38F2N5O9P. The lowest BCUT2D eigenvalue weighted by molar-refractivity contribution is -0.148. The lowest BCUT2D eigenvalue weighted by Crippen LogP contribution is -2.45. The summed E-state index contributed by atoms with van der Waals surface area (Å²) >= 11 is 0. The van der Waals surface area contributed by atoms with Crippen LogP contribution in [0.3, 0.4) is 0 Å². The number of hydrogen-bond donors (Lipinski definition) is 3. The first-order valence-electron chi connectivity index (χ1n) is 16.3. The smallest absolute Gasteiger partial charge is 0.459 e. The fourth-order valence-corrected chi connectivity index (χ4v) is 7.56. The van der Waals surface area contributed by atoms with Gasteiger partial charge in [-0.05, 0) is 43.4 Å². The van der Waals surface area contributed by atoms with E-state index in [0.29, 0.717) is 22.8 Å². The Morgan fingerprint density at radius 2 is 1.88 bits per heavy atom. The molecule has 14 nitrogen and oxygen atoms in total. The number of aryl methyl sites for hydroxylation is 1. The molecule has 1 saturated heterocycles. The van der Waals surface area contributed by atoms with Crippen LogP contribution in [0.15, 0.2) is 67.0 Å². The van der Waals surface area contributed by atoms with E-state index in [1.165, 1.54) is 24.9 Å². The molecule has 17 heteroatoms. The van der Waals surface area contributed by atoms with Gasteiger partial charge in [0.05, 0.1) is 20.0 Å². The van der Waals surface area contributed by atoms with E-state index in [-0.39, 0.29) is 22.8 Å². The van der Waals surface area contributed by atoms with Crippen molar-refractivity contribution in [3.8, 4) is 11.6 Å². The molecule has 52 heavy (non-hydrogen) atoms. The number of aromatic nitrogens is 4. The molecule has 0 radical (unpaired) electrons. The van der Waals surface area contributed by atoms with Gasteiger partial charge in [0.15, 0.2) is 17.4 Å². The maximum Gasteiger partial charge on any atom is 0.459 e. The van der Waals surface area contributed by atoms with Crippen molar-refractivity contribution in [1.82, 2.24) is 24.6 Å². The highest BCUT2D eigenvalue weighted by molar-refractivity contribution is 7.52. The molecule has 0 bridgehead atoms. The van der Waals surface area contributed by atoms with Gasteiger partial charge < -0.3 is 28.9 Å². The summed E-state index contributed by atoms with van der Waals surface area (Å²) in [5.41, 5.74) is -1.42. The Labute approximate surface area is 297 Å². The highest BCUT2D eigenvalue weighted by Gasteiger charge is 2.54. The van der Waals surface area contributed by atoms with Crippen LogP contribution in [-0.4, -0.2) is 73.3 Å². The van der Waals surface area contributed by atoms with E-state index in [1.807, 2.05) is 18.2 Å². The number of fused-ring (bicyclic) bond motifs is 2. The highest BCUT2D eigenvalue weighted by atomic mass is 31.2. The average Bonchev–Trinajstić information content (AvgIpc) is 3.62. The number of ether oxygens (including phenoxy) is 3. The van der Waals surface area contributed by atoms with E-state index in [4.69, 9.17) is 23.3 Å². The van der Waals surface area contributed by atoms with Crippen LogP contribution in [0.4, 0.5) is 8.78 Å². The standard InChI is InChI=1S/C35H38F2N5O9P/c1-19(2)28(33(44)48-16-22-13-14-23(36)15-25(22)37)41-52(46,51-26-12-8-10-21-9-6-7-11-24(21)26)49-17-27-30(43)35(4,45)34(50-27)42-18-38-29-31(42)39-20(3)40-32(29)47-5/h6-15,18-19,27-28,30,34,43,45H,16-17H2,1-5H3,(H,41,46)/t27-,28+,30-,34?,35-,52?/m1/s1. The predicted octanol–water partition coefficient (Wildman–Crippen LogP) is 5.15. The van der Waals surface area contributed by atoms with Crippen LogP contribution in [0.2, 0.25) is 0 Å². The van der Waals surface area contributed by atoms with Crippen LogP contribution in [-0.2, 0) is 30.0 Å². The van der Waals surface area contributed by atoms with E-state index in [1.54, 1.807) is 45.0 Å². The Balaban J connectivity index is 1.27. The van der Waals surface area contributed by atoms with E-state index in [0.717, 1.165) is 17.5 Å². The zero-order valence-electron chi connectivity index (χ0n) is 28.9. The molecule has 276 valence electrons. The molecule has 6 atom stereocenters. The van der Waals surface area contributed by atoms with Gasteiger partial charge in [-0.2, -0.15) is 10.1 Å². The number of hydrogen-bond acceptors (Lipinski definition) is 12. The second-order valence-electron chi connectivity index (χ2n) is 12.9. The summed E-state index contributed by atoms with van der Waals surface area (Å²) in [4.78, 5) is 26.3. The van der Waals surface area contributed by atoms with Crippen LogP contribution in [0.5, 0.6) is 11.6 Å². The Morgan fingerprint density at radius 3 is 2.62 bits per heavy atom. The highest BCUT2D eigenvalue weighted by Crippen LogP contribution is 2.49. The summed E-state index contributed by atoms with van der Waals surface area (Å²) in [7, 11) is -3.15. The second kappa shape index (κ2) is 14.8. The maximum atomic E-state index is 14.7. The molecule has 0 aliphatic carbocycles. The summed E-state index contributed by atoms with van der Waals surface area (Å²) in [5.74, 6) is -2.43. The van der Waals surface area contributed by atoms with Crippen LogP contribution in [0.1, 0.15) is 38.4 Å². The van der Waals surface area contributed by atoms with Crippen LogP contribution in [0.25, 0.3) is 21.9 Å². The maximum absolute atomic E-state index is 14.7. The molecule has 3 heterocycles. The van der Waals surface area contributed by atoms with Crippen LogP contribution < -0.4 is 14.3 Å². The number of rotatable bonds is 13. The molecule has 0 saturated carbocycles. The number of benzene rings is 3. The molecule has 3 N–H and O–H groups in total. The minimum absolute atomic E-state index is 0.0663. The largest absolute Gasteiger partial charge is 0.479 e. The van der Waals surface area contributed by atoms with Crippen molar-refractivity contribution in [1.29, 1.82) is 0 Å². The van der Waals surface area contributed by atoms with Crippen molar-refractivity contribution in [2.45, 2.75) is 64.4 Å². The van der Waals surface area contributed by atoms with Crippen molar-refractivity contribution in [3.05, 3.63) is 90.0 Å². The third-order valence-corrected chi connectivity index (χ3v) is 10.2. The minimum atomic E-state index is -4.58. The topological polar surface area (TPSA) is 176 Å². The number of imidazole rings is 1. The van der Waals surface area contributed by atoms with E-state index in [2.05, 4.69) is 20.0 Å². The van der Waals surface area contributed by atoms with Gasteiger partial charge in [-0.15, -0.1) is 0 Å². The summed E-state index contributed by atoms with van der Waals surface area (Å²) < 4.78 is 72.6.